The minimum atomic E-state index is -0.425. The van der Waals surface area contributed by atoms with Crippen LogP contribution in [0.2, 0.25) is 5.02 Å². The minimum absolute atomic E-state index is 0.330. The second kappa shape index (κ2) is 4.85. The molecule has 0 saturated heterocycles. The highest BCUT2D eigenvalue weighted by molar-refractivity contribution is 6.34. The molecule has 1 N–H and O–H groups in total. The van der Waals surface area contributed by atoms with Crippen LogP contribution in [0.15, 0.2) is 18.2 Å². The van der Waals surface area contributed by atoms with Crippen LogP contribution in [0, 0.1) is 6.92 Å². The first kappa shape index (κ1) is 13.0. The van der Waals surface area contributed by atoms with Crippen LogP contribution >= 0.6 is 11.6 Å². The van der Waals surface area contributed by atoms with E-state index in [1.54, 1.807) is 12.1 Å². The van der Waals surface area contributed by atoms with E-state index in [-0.39, 0.29) is 5.91 Å². The van der Waals surface area contributed by atoms with Crippen LogP contribution in [0.1, 0.15) is 36.7 Å². The fraction of sp³-hybridized carbons (Fsp3) is 0.417. The average Bonchev–Trinajstić information content (AvgIpc) is 2.17. The Morgan fingerprint density at radius 2 is 2.00 bits per heavy atom. The number of hydrogen-bond donors (Lipinski definition) is 1. The van der Waals surface area contributed by atoms with Gasteiger partial charge in [0.05, 0.1) is 16.2 Å². The predicted octanol–water partition coefficient (Wildman–Crippen LogP) is 3.11. The molecule has 0 atom stereocenters. The van der Waals surface area contributed by atoms with Gasteiger partial charge in [-0.05, 0) is 39.3 Å². The Balaban J connectivity index is 2.78. The van der Waals surface area contributed by atoms with Crippen LogP contribution in [0.5, 0.6) is 0 Å². The zero-order valence-corrected chi connectivity index (χ0v) is 10.7. The smallest absolute Gasteiger partial charge is 0.268 e. The maximum absolute atomic E-state index is 11.7. The van der Waals surface area contributed by atoms with Crippen LogP contribution in [-0.4, -0.2) is 11.5 Å². The summed E-state index contributed by atoms with van der Waals surface area (Å²) in [6.45, 7) is 7.41. The lowest BCUT2D eigenvalue weighted by Gasteiger charge is -2.19. The number of hydroxylamine groups is 1. The monoisotopic (exact) mass is 241 g/mol. The van der Waals surface area contributed by atoms with Crippen LogP contribution in [0.25, 0.3) is 0 Å². The zero-order chi connectivity index (χ0) is 12.3. The first-order chi connectivity index (χ1) is 7.31. The third kappa shape index (κ3) is 3.51. The van der Waals surface area contributed by atoms with Gasteiger partial charge in [-0.2, -0.15) is 0 Å². The SMILES string of the molecule is Cc1cccc(C(=O)NOC(C)(C)C)c1Cl. The molecule has 0 spiro atoms. The second-order valence-corrected chi connectivity index (χ2v) is 4.96. The van der Waals surface area contributed by atoms with E-state index in [1.807, 2.05) is 33.8 Å². The highest BCUT2D eigenvalue weighted by Gasteiger charge is 2.16. The number of carbonyl (C=O) groups excluding carboxylic acids is 1. The molecule has 1 rings (SSSR count). The van der Waals surface area contributed by atoms with Gasteiger partial charge in [-0.1, -0.05) is 23.7 Å². The number of hydrogen-bond acceptors (Lipinski definition) is 2. The van der Waals surface area contributed by atoms with Crippen LogP contribution in [0.4, 0.5) is 0 Å². The van der Waals surface area contributed by atoms with E-state index in [1.165, 1.54) is 0 Å². The first-order valence-electron chi connectivity index (χ1n) is 5.05. The summed E-state index contributed by atoms with van der Waals surface area (Å²) in [5.41, 5.74) is 3.25. The number of amides is 1. The molecule has 3 nitrogen and oxygen atoms in total. The Morgan fingerprint density at radius 3 is 2.56 bits per heavy atom. The van der Waals surface area contributed by atoms with Gasteiger partial charge in [-0.3, -0.25) is 9.63 Å². The molecule has 1 amide bonds. The van der Waals surface area contributed by atoms with E-state index in [0.717, 1.165) is 5.56 Å². The fourth-order valence-corrected chi connectivity index (χ4v) is 1.29. The summed E-state index contributed by atoms with van der Waals surface area (Å²) in [5, 5.41) is 0.456. The molecular formula is C12H16ClNO2. The van der Waals surface area contributed by atoms with Crippen molar-refractivity contribution in [3.8, 4) is 0 Å². The number of carbonyl (C=O) groups is 1. The van der Waals surface area contributed by atoms with Crippen molar-refractivity contribution in [1.82, 2.24) is 5.48 Å². The van der Waals surface area contributed by atoms with Gasteiger partial charge in [0.25, 0.3) is 5.91 Å². The van der Waals surface area contributed by atoms with Gasteiger partial charge in [0.1, 0.15) is 0 Å². The summed E-state index contributed by atoms with van der Waals surface area (Å²) in [6, 6.07) is 5.30. The molecule has 88 valence electrons. The molecule has 16 heavy (non-hydrogen) atoms. The van der Waals surface area contributed by atoms with Crippen molar-refractivity contribution in [1.29, 1.82) is 0 Å². The Morgan fingerprint density at radius 1 is 1.38 bits per heavy atom. The van der Waals surface area contributed by atoms with Gasteiger partial charge in [0, 0.05) is 0 Å². The number of halogens is 1. The summed E-state index contributed by atoms with van der Waals surface area (Å²) in [4.78, 5) is 16.9. The van der Waals surface area contributed by atoms with Crippen molar-refractivity contribution in [2.24, 2.45) is 0 Å². The minimum Gasteiger partial charge on any atom is -0.268 e. The van der Waals surface area contributed by atoms with Gasteiger partial charge >= 0.3 is 0 Å². The van der Waals surface area contributed by atoms with Gasteiger partial charge in [0.15, 0.2) is 0 Å². The third-order valence-electron chi connectivity index (χ3n) is 1.89. The largest absolute Gasteiger partial charge is 0.276 e. The summed E-state index contributed by atoms with van der Waals surface area (Å²) >= 11 is 6.02. The van der Waals surface area contributed by atoms with Gasteiger partial charge in [-0.25, -0.2) is 5.48 Å². The Hall–Kier alpha value is -1.06. The molecule has 0 aliphatic carbocycles. The lowest BCUT2D eigenvalue weighted by molar-refractivity contribution is -0.0589. The average molecular weight is 242 g/mol. The van der Waals surface area contributed by atoms with E-state index in [2.05, 4.69) is 5.48 Å². The lowest BCUT2D eigenvalue weighted by atomic mass is 10.1. The zero-order valence-electron chi connectivity index (χ0n) is 9.93. The van der Waals surface area contributed by atoms with Gasteiger partial charge in [0.2, 0.25) is 0 Å². The van der Waals surface area contributed by atoms with E-state index in [4.69, 9.17) is 16.4 Å². The van der Waals surface area contributed by atoms with Crippen molar-refractivity contribution in [2.45, 2.75) is 33.3 Å². The molecule has 1 aromatic rings. The molecule has 4 heteroatoms. The molecule has 0 saturated carbocycles. The molecule has 0 heterocycles. The predicted molar refractivity (Wildman–Crippen MR) is 64.5 cm³/mol. The number of benzene rings is 1. The van der Waals surface area contributed by atoms with E-state index in [0.29, 0.717) is 10.6 Å². The van der Waals surface area contributed by atoms with Crippen molar-refractivity contribution < 1.29 is 9.63 Å². The van der Waals surface area contributed by atoms with E-state index < -0.39 is 5.60 Å². The molecule has 0 fully saturated rings. The molecule has 0 aromatic heterocycles. The van der Waals surface area contributed by atoms with Crippen molar-refractivity contribution >= 4 is 17.5 Å². The molecule has 0 radical (unpaired) electrons. The quantitative estimate of drug-likeness (QED) is 0.808. The number of nitrogens with one attached hydrogen (secondary N) is 1. The molecular weight excluding hydrogens is 226 g/mol. The summed E-state index contributed by atoms with van der Waals surface area (Å²) in [7, 11) is 0. The number of aryl methyl sites for hydroxylation is 1. The van der Waals surface area contributed by atoms with Crippen LogP contribution in [-0.2, 0) is 4.84 Å². The maximum atomic E-state index is 11.7. The molecule has 0 aliphatic rings. The van der Waals surface area contributed by atoms with Crippen LogP contribution in [0.3, 0.4) is 0 Å². The second-order valence-electron chi connectivity index (χ2n) is 4.58. The molecule has 1 aromatic carbocycles. The van der Waals surface area contributed by atoms with Gasteiger partial charge < -0.3 is 0 Å². The topological polar surface area (TPSA) is 38.3 Å². The Kier molecular flexibility index (Phi) is 3.94. The highest BCUT2D eigenvalue weighted by atomic mass is 35.5. The van der Waals surface area contributed by atoms with E-state index in [9.17, 15) is 4.79 Å². The fourth-order valence-electron chi connectivity index (χ4n) is 1.08. The summed E-state index contributed by atoms with van der Waals surface area (Å²) < 4.78 is 0. The molecule has 0 aliphatic heterocycles. The third-order valence-corrected chi connectivity index (χ3v) is 2.39. The normalized spacial score (nSPS) is 11.3. The highest BCUT2D eigenvalue weighted by Crippen LogP contribution is 2.20. The van der Waals surface area contributed by atoms with Crippen LogP contribution < -0.4 is 5.48 Å². The van der Waals surface area contributed by atoms with Gasteiger partial charge in [-0.15, -0.1) is 0 Å². The summed E-state index contributed by atoms with van der Waals surface area (Å²) in [5.74, 6) is -0.330. The first-order valence-corrected chi connectivity index (χ1v) is 5.42. The Labute approximate surface area is 101 Å². The van der Waals surface area contributed by atoms with Crippen molar-refractivity contribution in [2.75, 3.05) is 0 Å². The van der Waals surface area contributed by atoms with Crippen molar-refractivity contribution in [3.05, 3.63) is 34.3 Å². The van der Waals surface area contributed by atoms with E-state index >= 15 is 0 Å². The molecule has 0 bridgehead atoms. The number of rotatable bonds is 2. The maximum Gasteiger partial charge on any atom is 0.276 e. The van der Waals surface area contributed by atoms with Crippen molar-refractivity contribution in [3.63, 3.8) is 0 Å². The summed E-state index contributed by atoms with van der Waals surface area (Å²) in [6.07, 6.45) is 0. The molecule has 0 unspecified atom stereocenters. The Bertz CT molecular complexity index is 396. The lowest BCUT2D eigenvalue weighted by Crippen LogP contribution is -2.33. The standard InChI is InChI=1S/C12H16ClNO2/c1-8-6-5-7-9(10(8)13)11(15)14-16-12(2,3)4/h5-7H,1-4H3,(H,14,15).